The van der Waals surface area contributed by atoms with Crippen molar-refractivity contribution in [3.63, 3.8) is 0 Å². The summed E-state index contributed by atoms with van der Waals surface area (Å²) in [6.07, 6.45) is 5.63. The lowest BCUT2D eigenvalue weighted by molar-refractivity contribution is -0.123. The molecule has 3 rings (SSSR count). The molecule has 0 aliphatic rings. The lowest BCUT2D eigenvalue weighted by atomic mass is 9.97. The third kappa shape index (κ3) is 3.38. The standard InChI is InChI=1S/C18H16N4O/c19-10-15(18(23)22-12-13-3-2-7-20-11-13)9-14-4-1-5-17-16(14)6-8-21-17/h1-8,11,15,21H,9,12H2,(H,22,23). The highest BCUT2D eigenvalue weighted by Gasteiger charge is 2.19. The number of nitrogens with zero attached hydrogens (tertiary/aromatic N) is 2. The van der Waals surface area contributed by atoms with Crippen LogP contribution in [0.5, 0.6) is 0 Å². The maximum Gasteiger partial charge on any atom is 0.237 e. The summed E-state index contributed by atoms with van der Waals surface area (Å²) in [5.41, 5.74) is 2.91. The maximum absolute atomic E-state index is 12.3. The lowest BCUT2D eigenvalue weighted by Gasteiger charge is -2.11. The van der Waals surface area contributed by atoms with Crippen LogP contribution in [-0.2, 0) is 17.8 Å². The third-order valence-corrected chi connectivity index (χ3v) is 3.77. The van der Waals surface area contributed by atoms with Crippen LogP contribution in [0.1, 0.15) is 11.1 Å². The summed E-state index contributed by atoms with van der Waals surface area (Å²) in [6, 6.07) is 13.6. The first-order valence-corrected chi connectivity index (χ1v) is 7.39. The van der Waals surface area contributed by atoms with E-state index in [0.29, 0.717) is 13.0 Å². The van der Waals surface area contributed by atoms with E-state index >= 15 is 0 Å². The van der Waals surface area contributed by atoms with Gasteiger partial charge in [-0.1, -0.05) is 18.2 Å². The van der Waals surface area contributed by atoms with Crippen LogP contribution >= 0.6 is 0 Å². The van der Waals surface area contributed by atoms with Gasteiger partial charge in [0.2, 0.25) is 5.91 Å². The van der Waals surface area contributed by atoms with Gasteiger partial charge in [-0.25, -0.2) is 0 Å². The molecule has 0 aliphatic heterocycles. The van der Waals surface area contributed by atoms with Gasteiger partial charge in [0.1, 0.15) is 5.92 Å². The van der Waals surface area contributed by atoms with Crippen molar-refractivity contribution in [1.82, 2.24) is 15.3 Å². The lowest BCUT2D eigenvalue weighted by Crippen LogP contribution is -2.30. The van der Waals surface area contributed by atoms with Crippen LogP contribution in [0.15, 0.2) is 55.0 Å². The second kappa shape index (κ2) is 6.75. The summed E-state index contributed by atoms with van der Waals surface area (Å²) in [5.74, 6) is -0.976. The maximum atomic E-state index is 12.3. The highest BCUT2D eigenvalue weighted by molar-refractivity contribution is 5.85. The molecule has 0 bridgehead atoms. The first-order valence-electron chi connectivity index (χ1n) is 7.39. The number of hydrogen-bond acceptors (Lipinski definition) is 3. The number of aromatic nitrogens is 2. The van der Waals surface area contributed by atoms with Crippen LogP contribution in [0, 0.1) is 17.2 Å². The number of aromatic amines is 1. The first-order chi connectivity index (χ1) is 11.3. The zero-order chi connectivity index (χ0) is 16.1. The Morgan fingerprint density at radius 2 is 2.22 bits per heavy atom. The zero-order valence-corrected chi connectivity index (χ0v) is 12.5. The molecule has 0 saturated heterocycles. The number of rotatable bonds is 5. The molecule has 2 aromatic heterocycles. The SMILES string of the molecule is N#CC(Cc1cccc2[nH]ccc12)C(=O)NCc1cccnc1. The normalized spacial score (nSPS) is 11.8. The van der Waals surface area contributed by atoms with Gasteiger partial charge in [0.05, 0.1) is 6.07 Å². The molecule has 0 fully saturated rings. The van der Waals surface area contributed by atoms with Crippen LogP contribution in [-0.4, -0.2) is 15.9 Å². The van der Waals surface area contributed by atoms with Crippen molar-refractivity contribution in [3.8, 4) is 6.07 Å². The van der Waals surface area contributed by atoms with Gasteiger partial charge in [-0.05, 0) is 35.7 Å². The summed E-state index contributed by atoms with van der Waals surface area (Å²) in [7, 11) is 0. The Kier molecular flexibility index (Phi) is 4.34. The number of pyridine rings is 1. The van der Waals surface area contributed by atoms with E-state index in [0.717, 1.165) is 22.0 Å². The smallest absolute Gasteiger partial charge is 0.237 e. The van der Waals surface area contributed by atoms with Gasteiger partial charge >= 0.3 is 0 Å². The quantitative estimate of drug-likeness (QED) is 0.760. The highest BCUT2D eigenvalue weighted by Crippen LogP contribution is 2.20. The van der Waals surface area contributed by atoms with Crippen LogP contribution in [0.2, 0.25) is 0 Å². The van der Waals surface area contributed by atoms with E-state index < -0.39 is 5.92 Å². The van der Waals surface area contributed by atoms with E-state index in [1.54, 1.807) is 12.4 Å². The van der Waals surface area contributed by atoms with Crippen molar-refractivity contribution < 1.29 is 4.79 Å². The third-order valence-electron chi connectivity index (χ3n) is 3.77. The summed E-state index contributed by atoms with van der Waals surface area (Å²) in [6.45, 7) is 0.374. The predicted octanol–water partition coefficient (Wildman–Crippen LogP) is 2.56. The number of nitrogens with one attached hydrogen (secondary N) is 2. The number of hydrogen-bond donors (Lipinski definition) is 2. The van der Waals surface area contributed by atoms with E-state index in [9.17, 15) is 10.1 Å². The van der Waals surface area contributed by atoms with Crippen molar-refractivity contribution in [1.29, 1.82) is 5.26 Å². The van der Waals surface area contributed by atoms with Crippen molar-refractivity contribution in [2.75, 3.05) is 0 Å². The van der Waals surface area contributed by atoms with E-state index in [1.165, 1.54) is 0 Å². The predicted molar refractivity (Wildman–Crippen MR) is 87.2 cm³/mol. The van der Waals surface area contributed by atoms with Gasteiger partial charge in [-0.3, -0.25) is 9.78 Å². The van der Waals surface area contributed by atoms with Crippen LogP contribution in [0.3, 0.4) is 0 Å². The summed E-state index contributed by atoms with van der Waals surface area (Å²) in [5, 5.41) is 13.2. The van der Waals surface area contributed by atoms with E-state index in [4.69, 9.17) is 0 Å². The molecule has 1 unspecified atom stereocenters. The van der Waals surface area contributed by atoms with Gasteiger partial charge in [-0.15, -0.1) is 0 Å². The largest absolute Gasteiger partial charge is 0.361 e. The van der Waals surface area contributed by atoms with Crippen molar-refractivity contribution in [2.45, 2.75) is 13.0 Å². The molecule has 23 heavy (non-hydrogen) atoms. The summed E-state index contributed by atoms with van der Waals surface area (Å²) < 4.78 is 0. The Morgan fingerprint density at radius 3 is 3.00 bits per heavy atom. The van der Waals surface area contributed by atoms with E-state index in [2.05, 4.69) is 21.4 Å². The molecule has 3 aromatic rings. The summed E-state index contributed by atoms with van der Waals surface area (Å²) >= 11 is 0. The topological polar surface area (TPSA) is 81.6 Å². The highest BCUT2D eigenvalue weighted by atomic mass is 16.1. The van der Waals surface area contributed by atoms with Gasteiger partial charge < -0.3 is 10.3 Å². The Balaban J connectivity index is 1.69. The molecule has 0 spiro atoms. The average Bonchev–Trinajstić information content (AvgIpc) is 3.08. The molecule has 2 heterocycles. The second-order valence-electron chi connectivity index (χ2n) is 5.32. The molecule has 1 amide bonds. The fourth-order valence-corrected chi connectivity index (χ4v) is 2.56. The number of carbonyl (C=O) groups excluding carboxylic acids is 1. The molecule has 5 nitrogen and oxygen atoms in total. The van der Waals surface area contributed by atoms with Crippen LogP contribution < -0.4 is 5.32 Å². The fraction of sp³-hybridized carbons (Fsp3) is 0.167. The Labute approximate surface area is 134 Å². The second-order valence-corrected chi connectivity index (χ2v) is 5.32. The monoisotopic (exact) mass is 304 g/mol. The number of H-pyrrole nitrogens is 1. The van der Waals surface area contributed by atoms with Gasteiger partial charge in [0.25, 0.3) is 0 Å². The molecule has 0 aliphatic carbocycles. The first kappa shape index (κ1) is 14.8. The fourth-order valence-electron chi connectivity index (χ4n) is 2.56. The molecular formula is C18H16N4O. The Hall–Kier alpha value is -3.13. The van der Waals surface area contributed by atoms with Crippen molar-refractivity contribution in [2.24, 2.45) is 5.92 Å². The van der Waals surface area contributed by atoms with Gasteiger partial charge in [-0.2, -0.15) is 5.26 Å². The van der Waals surface area contributed by atoms with Crippen molar-refractivity contribution in [3.05, 3.63) is 66.1 Å². The number of amides is 1. The molecule has 0 saturated carbocycles. The number of nitriles is 1. The van der Waals surface area contributed by atoms with E-state index in [-0.39, 0.29) is 5.91 Å². The minimum atomic E-state index is -0.716. The Morgan fingerprint density at radius 1 is 1.30 bits per heavy atom. The molecule has 1 atom stereocenters. The molecule has 0 radical (unpaired) electrons. The minimum absolute atomic E-state index is 0.260. The molecule has 114 valence electrons. The molecular weight excluding hydrogens is 288 g/mol. The zero-order valence-electron chi connectivity index (χ0n) is 12.5. The van der Waals surface area contributed by atoms with Crippen LogP contribution in [0.4, 0.5) is 0 Å². The molecule has 1 aromatic carbocycles. The number of carbonyl (C=O) groups is 1. The number of benzene rings is 1. The average molecular weight is 304 g/mol. The molecule has 5 heteroatoms. The van der Waals surface area contributed by atoms with E-state index in [1.807, 2.05) is 42.6 Å². The summed E-state index contributed by atoms with van der Waals surface area (Å²) in [4.78, 5) is 19.4. The Bertz CT molecular complexity index is 848. The van der Waals surface area contributed by atoms with Crippen LogP contribution in [0.25, 0.3) is 10.9 Å². The number of fused-ring (bicyclic) bond motifs is 1. The van der Waals surface area contributed by atoms with Gasteiger partial charge in [0.15, 0.2) is 0 Å². The minimum Gasteiger partial charge on any atom is -0.361 e. The van der Waals surface area contributed by atoms with Gasteiger partial charge in [0, 0.05) is 36.0 Å². The molecule has 2 N–H and O–H groups in total. The van der Waals surface area contributed by atoms with Crippen molar-refractivity contribution >= 4 is 16.8 Å².